The van der Waals surface area contributed by atoms with Gasteiger partial charge in [-0.2, -0.15) is 0 Å². The van der Waals surface area contributed by atoms with Gasteiger partial charge in [0, 0.05) is 25.2 Å². The Bertz CT molecular complexity index is 484. The van der Waals surface area contributed by atoms with E-state index in [0.717, 1.165) is 12.8 Å². The number of rotatable bonds is 1. The third-order valence-corrected chi connectivity index (χ3v) is 3.13. The Kier molecular flexibility index (Phi) is 4.11. The molecule has 2 N–H and O–H groups in total. The normalized spacial score (nSPS) is 19.8. The number of ether oxygens (including phenoxy) is 1. The van der Waals surface area contributed by atoms with E-state index in [-0.39, 0.29) is 12.0 Å². The van der Waals surface area contributed by atoms with Gasteiger partial charge in [-0.3, -0.25) is 0 Å². The van der Waals surface area contributed by atoms with Gasteiger partial charge < -0.3 is 15.4 Å². The van der Waals surface area contributed by atoms with Gasteiger partial charge >= 0.3 is 6.09 Å². The maximum absolute atomic E-state index is 12.1. The van der Waals surface area contributed by atoms with Crippen LogP contribution in [0.1, 0.15) is 45.4 Å². The summed E-state index contributed by atoms with van der Waals surface area (Å²) in [6.07, 6.45) is 3.26. The van der Waals surface area contributed by atoms with Gasteiger partial charge in [-0.1, -0.05) is 0 Å². The van der Waals surface area contributed by atoms with Crippen LogP contribution >= 0.6 is 0 Å². The topological polar surface area (TPSA) is 81.3 Å². The zero-order valence-corrected chi connectivity index (χ0v) is 12.3. The van der Waals surface area contributed by atoms with E-state index in [0.29, 0.717) is 24.7 Å². The average molecular weight is 278 g/mol. The highest BCUT2D eigenvalue weighted by molar-refractivity contribution is 5.68. The number of carbonyl (C=O) groups excluding carboxylic acids is 1. The molecule has 0 saturated carbocycles. The third kappa shape index (κ3) is 3.82. The first-order valence-electron chi connectivity index (χ1n) is 6.91. The molecule has 0 bridgehead atoms. The number of anilines is 1. The van der Waals surface area contributed by atoms with E-state index in [2.05, 4.69) is 9.97 Å². The third-order valence-electron chi connectivity index (χ3n) is 3.13. The predicted octanol–water partition coefficient (Wildman–Crippen LogP) is 2.17. The van der Waals surface area contributed by atoms with Crippen molar-refractivity contribution in [1.29, 1.82) is 0 Å². The molecule has 0 aromatic carbocycles. The fourth-order valence-corrected chi connectivity index (χ4v) is 2.27. The molecule has 1 unspecified atom stereocenters. The molecule has 2 rings (SSSR count). The lowest BCUT2D eigenvalue weighted by molar-refractivity contribution is 0.0196. The van der Waals surface area contributed by atoms with Crippen LogP contribution in [0.25, 0.3) is 0 Å². The van der Waals surface area contributed by atoms with E-state index in [9.17, 15) is 4.79 Å². The summed E-state index contributed by atoms with van der Waals surface area (Å²) in [5.74, 6) is 1.29. The molecule has 1 aromatic heterocycles. The molecule has 1 amide bonds. The lowest BCUT2D eigenvalue weighted by Crippen LogP contribution is -2.42. The average Bonchev–Trinajstić information content (AvgIpc) is 2.37. The number of hydrogen-bond acceptors (Lipinski definition) is 5. The fraction of sp³-hybridized carbons (Fsp3) is 0.643. The Labute approximate surface area is 119 Å². The minimum Gasteiger partial charge on any atom is -0.444 e. The Morgan fingerprint density at radius 3 is 2.90 bits per heavy atom. The Morgan fingerprint density at radius 2 is 2.25 bits per heavy atom. The van der Waals surface area contributed by atoms with Crippen LogP contribution in [0.15, 0.2) is 12.3 Å². The molecule has 1 atom stereocenters. The first-order valence-corrected chi connectivity index (χ1v) is 6.91. The monoisotopic (exact) mass is 278 g/mol. The van der Waals surface area contributed by atoms with Crippen molar-refractivity contribution < 1.29 is 9.53 Å². The number of carbonyl (C=O) groups is 1. The maximum Gasteiger partial charge on any atom is 0.410 e. The van der Waals surface area contributed by atoms with Crippen molar-refractivity contribution >= 4 is 11.9 Å². The van der Waals surface area contributed by atoms with Crippen molar-refractivity contribution in [3.63, 3.8) is 0 Å². The summed E-state index contributed by atoms with van der Waals surface area (Å²) < 4.78 is 5.41. The van der Waals surface area contributed by atoms with E-state index in [4.69, 9.17) is 10.5 Å². The van der Waals surface area contributed by atoms with Crippen LogP contribution in [0.2, 0.25) is 0 Å². The number of amides is 1. The van der Waals surface area contributed by atoms with Gasteiger partial charge in [0.1, 0.15) is 17.2 Å². The number of aromatic nitrogens is 2. The summed E-state index contributed by atoms with van der Waals surface area (Å²) in [5, 5.41) is 0. The molecule has 0 radical (unpaired) electrons. The largest absolute Gasteiger partial charge is 0.444 e. The molecule has 6 nitrogen and oxygen atoms in total. The first kappa shape index (κ1) is 14.6. The van der Waals surface area contributed by atoms with Crippen LogP contribution in [0, 0.1) is 0 Å². The molecule has 1 saturated heterocycles. The smallest absolute Gasteiger partial charge is 0.410 e. The molecule has 1 aliphatic heterocycles. The Morgan fingerprint density at radius 1 is 1.50 bits per heavy atom. The number of hydrogen-bond donors (Lipinski definition) is 1. The van der Waals surface area contributed by atoms with Crippen molar-refractivity contribution in [3.05, 3.63) is 18.1 Å². The van der Waals surface area contributed by atoms with Crippen LogP contribution in [0.3, 0.4) is 0 Å². The van der Waals surface area contributed by atoms with Gasteiger partial charge in [0.15, 0.2) is 0 Å². The molecule has 0 spiro atoms. The summed E-state index contributed by atoms with van der Waals surface area (Å²) in [5.41, 5.74) is 5.21. The van der Waals surface area contributed by atoms with E-state index in [1.54, 1.807) is 17.2 Å². The Hall–Kier alpha value is -1.85. The van der Waals surface area contributed by atoms with Crippen molar-refractivity contribution in [2.45, 2.75) is 45.1 Å². The quantitative estimate of drug-likeness (QED) is 0.851. The molecule has 1 aliphatic rings. The maximum atomic E-state index is 12.1. The second kappa shape index (κ2) is 5.64. The van der Waals surface area contributed by atoms with E-state index in [1.807, 2.05) is 20.8 Å². The molecule has 2 heterocycles. The molecule has 1 aromatic rings. The second-order valence-electron chi connectivity index (χ2n) is 6.11. The molecule has 6 heteroatoms. The van der Waals surface area contributed by atoms with Gasteiger partial charge in [0.05, 0.1) is 0 Å². The number of piperidine rings is 1. The van der Waals surface area contributed by atoms with E-state index < -0.39 is 5.60 Å². The number of nitrogens with two attached hydrogens (primary N) is 1. The fourth-order valence-electron chi connectivity index (χ4n) is 2.27. The Balaban J connectivity index is 2.03. The minimum absolute atomic E-state index is 0.125. The van der Waals surface area contributed by atoms with Gasteiger partial charge in [-0.15, -0.1) is 0 Å². The lowest BCUT2D eigenvalue weighted by atomic mass is 9.97. The van der Waals surface area contributed by atoms with Gasteiger partial charge in [-0.05, 0) is 39.7 Å². The van der Waals surface area contributed by atoms with Crippen LogP contribution < -0.4 is 5.73 Å². The molecular formula is C14H22N4O2. The number of nitrogens with zero attached hydrogens (tertiary/aromatic N) is 3. The molecule has 110 valence electrons. The van der Waals surface area contributed by atoms with Crippen molar-refractivity contribution in [1.82, 2.24) is 14.9 Å². The number of nitrogen functional groups attached to an aromatic ring is 1. The van der Waals surface area contributed by atoms with Gasteiger partial charge in [0.25, 0.3) is 0 Å². The van der Waals surface area contributed by atoms with Crippen molar-refractivity contribution in [2.24, 2.45) is 0 Å². The standard InChI is InChI=1S/C14H22N4O2/c1-14(2,3)20-13(19)18-8-4-5-10(9-18)12-16-7-6-11(15)17-12/h6-7,10H,4-5,8-9H2,1-3H3,(H2,15,16,17). The van der Waals surface area contributed by atoms with Crippen LogP contribution in [-0.4, -0.2) is 39.7 Å². The second-order valence-corrected chi connectivity index (χ2v) is 6.11. The predicted molar refractivity (Wildman–Crippen MR) is 76.2 cm³/mol. The summed E-state index contributed by atoms with van der Waals surface area (Å²) in [7, 11) is 0. The highest BCUT2D eigenvalue weighted by atomic mass is 16.6. The lowest BCUT2D eigenvalue weighted by Gasteiger charge is -2.33. The highest BCUT2D eigenvalue weighted by Crippen LogP contribution is 2.25. The molecule has 1 fully saturated rings. The van der Waals surface area contributed by atoms with Crippen LogP contribution in [0.4, 0.5) is 10.6 Å². The summed E-state index contributed by atoms with van der Waals surface area (Å²) in [4.78, 5) is 22.3. The SMILES string of the molecule is CC(C)(C)OC(=O)N1CCCC(c2nccc(N)n2)C1. The van der Waals surface area contributed by atoms with Crippen LogP contribution in [-0.2, 0) is 4.74 Å². The molecule has 20 heavy (non-hydrogen) atoms. The minimum atomic E-state index is -0.475. The summed E-state index contributed by atoms with van der Waals surface area (Å²) in [6, 6.07) is 1.66. The van der Waals surface area contributed by atoms with E-state index in [1.165, 1.54) is 0 Å². The molecular weight excluding hydrogens is 256 g/mol. The molecule has 0 aliphatic carbocycles. The van der Waals surface area contributed by atoms with Crippen molar-refractivity contribution in [2.75, 3.05) is 18.8 Å². The zero-order chi connectivity index (χ0) is 14.8. The van der Waals surface area contributed by atoms with E-state index >= 15 is 0 Å². The van der Waals surface area contributed by atoms with Crippen LogP contribution in [0.5, 0.6) is 0 Å². The summed E-state index contributed by atoms with van der Waals surface area (Å²) in [6.45, 7) is 6.90. The van der Waals surface area contributed by atoms with Gasteiger partial charge in [-0.25, -0.2) is 14.8 Å². The highest BCUT2D eigenvalue weighted by Gasteiger charge is 2.29. The van der Waals surface area contributed by atoms with Crippen molar-refractivity contribution in [3.8, 4) is 0 Å². The summed E-state index contributed by atoms with van der Waals surface area (Å²) >= 11 is 0. The first-order chi connectivity index (χ1) is 9.35. The van der Waals surface area contributed by atoms with Gasteiger partial charge in [0.2, 0.25) is 0 Å². The number of likely N-dealkylation sites (tertiary alicyclic amines) is 1. The zero-order valence-electron chi connectivity index (χ0n) is 12.3.